The van der Waals surface area contributed by atoms with Crippen LogP contribution >= 0.6 is 0 Å². The highest BCUT2D eigenvalue weighted by Gasteiger charge is 2.12. The first-order chi connectivity index (χ1) is 12.6. The lowest BCUT2D eigenvalue weighted by Crippen LogP contribution is -2.24. The first kappa shape index (κ1) is 24.1. The molecule has 0 fully saturated rings. The molecule has 0 aromatic heterocycles. The molecule has 0 aliphatic heterocycles. The average Bonchev–Trinajstić information content (AvgIpc) is 2.61. The molecule has 0 aliphatic carbocycles. The molecule has 0 aromatic carbocycles. The molecule has 0 saturated carbocycles. The predicted molar refractivity (Wildman–Crippen MR) is 108 cm³/mol. The molecular formula is C22H34O4. The fraction of sp³-hybridized carbons (Fsp3) is 0.500. The number of aliphatic carboxylic acids is 1. The summed E-state index contributed by atoms with van der Waals surface area (Å²) in [6.45, 7) is 2.04. The lowest BCUT2D eigenvalue weighted by atomic mass is 10.1. The van der Waals surface area contributed by atoms with Crippen molar-refractivity contribution in [2.45, 2.75) is 70.5 Å². The highest BCUT2D eigenvalue weighted by atomic mass is 16.4. The van der Waals surface area contributed by atoms with E-state index in [1.54, 1.807) is 0 Å². The molecule has 0 heterocycles. The van der Waals surface area contributed by atoms with Crippen molar-refractivity contribution in [3.05, 3.63) is 60.8 Å². The van der Waals surface area contributed by atoms with E-state index in [1.807, 2.05) is 43.4 Å². The standard InChI is InChI=1S/C22H34O4/c1-2-3-14-17-20(23)21(24)18-15-12-10-8-6-4-5-7-9-11-13-16-19-22(25)26/h3,5-8,11-15,20-21,23-24H,2,4,9-10,16-19H2,1H3,(H,25,26). The molecule has 0 radical (unpaired) electrons. The Morgan fingerprint density at radius 2 is 1.15 bits per heavy atom. The second-order valence-corrected chi connectivity index (χ2v) is 6.01. The van der Waals surface area contributed by atoms with Crippen LogP contribution in [0.1, 0.15) is 58.3 Å². The zero-order chi connectivity index (χ0) is 19.5. The van der Waals surface area contributed by atoms with Crippen molar-refractivity contribution in [2.75, 3.05) is 0 Å². The molecule has 0 aromatic rings. The smallest absolute Gasteiger partial charge is 0.303 e. The van der Waals surface area contributed by atoms with E-state index in [1.165, 1.54) is 0 Å². The van der Waals surface area contributed by atoms with Crippen LogP contribution in [-0.4, -0.2) is 33.5 Å². The van der Waals surface area contributed by atoms with Crippen molar-refractivity contribution in [1.82, 2.24) is 0 Å². The van der Waals surface area contributed by atoms with Gasteiger partial charge in [-0.05, 0) is 44.9 Å². The van der Waals surface area contributed by atoms with Gasteiger partial charge in [-0.25, -0.2) is 0 Å². The summed E-state index contributed by atoms with van der Waals surface area (Å²) < 4.78 is 0. The van der Waals surface area contributed by atoms with Gasteiger partial charge >= 0.3 is 5.97 Å². The molecule has 0 spiro atoms. The molecule has 0 rings (SSSR count). The van der Waals surface area contributed by atoms with E-state index in [9.17, 15) is 15.0 Å². The van der Waals surface area contributed by atoms with Gasteiger partial charge in [0.2, 0.25) is 0 Å². The molecule has 4 heteroatoms. The summed E-state index contributed by atoms with van der Waals surface area (Å²) in [5.41, 5.74) is 0. The molecule has 0 amide bonds. The van der Waals surface area contributed by atoms with Gasteiger partial charge in [0.15, 0.2) is 0 Å². The van der Waals surface area contributed by atoms with E-state index in [0.717, 1.165) is 25.7 Å². The molecule has 4 nitrogen and oxygen atoms in total. The lowest BCUT2D eigenvalue weighted by molar-refractivity contribution is -0.136. The summed E-state index contributed by atoms with van der Waals surface area (Å²) in [7, 11) is 0. The van der Waals surface area contributed by atoms with E-state index in [0.29, 0.717) is 19.3 Å². The fourth-order valence-electron chi connectivity index (χ4n) is 2.09. The van der Waals surface area contributed by atoms with Gasteiger partial charge in [-0.3, -0.25) is 4.79 Å². The zero-order valence-corrected chi connectivity index (χ0v) is 15.8. The minimum absolute atomic E-state index is 0.183. The Morgan fingerprint density at radius 3 is 1.62 bits per heavy atom. The predicted octanol–water partition coefficient (Wildman–Crippen LogP) is 4.71. The van der Waals surface area contributed by atoms with Crippen LogP contribution in [0.25, 0.3) is 0 Å². The molecule has 0 saturated heterocycles. The number of hydrogen-bond acceptors (Lipinski definition) is 3. The summed E-state index contributed by atoms with van der Waals surface area (Å²) in [5, 5.41) is 28.1. The molecule has 146 valence electrons. The van der Waals surface area contributed by atoms with E-state index in [4.69, 9.17) is 5.11 Å². The van der Waals surface area contributed by atoms with Gasteiger partial charge in [-0.1, -0.05) is 67.7 Å². The lowest BCUT2D eigenvalue weighted by Gasteiger charge is -2.14. The van der Waals surface area contributed by atoms with Gasteiger partial charge in [-0.2, -0.15) is 0 Å². The normalized spacial score (nSPS) is 15.2. The minimum atomic E-state index is -0.765. The summed E-state index contributed by atoms with van der Waals surface area (Å²) in [4.78, 5) is 10.3. The fourth-order valence-corrected chi connectivity index (χ4v) is 2.09. The Hall–Kier alpha value is -1.91. The second-order valence-electron chi connectivity index (χ2n) is 6.01. The third-order valence-electron chi connectivity index (χ3n) is 3.61. The number of aliphatic hydroxyl groups is 2. The number of rotatable bonds is 15. The molecule has 2 unspecified atom stereocenters. The Kier molecular flexibility index (Phi) is 16.6. The highest BCUT2D eigenvalue weighted by Crippen LogP contribution is 2.06. The van der Waals surface area contributed by atoms with Crippen molar-refractivity contribution in [3.63, 3.8) is 0 Å². The molecular weight excluding hydrogens is 328 g/mol. The molecule has 0 bridgehead atoms. The van der Waals surface area contributed by atoms with E-state index >= 15 is 0 Å². The molecule has 0 aliphatic rings. The Morgan fingerprint density at radius 1 is 0.731 bits per heavy atom. The highest BCUT2D eigenvalue weighted by molar-refractivity contribution is 5.66. The second kappa shape index (κ2) is 17.9. The number of allylic oxidation sites excluding steroid dienone is 8. The first-order valence-electron chi connectivity index (χ1n) is 9.40. The van der Waals surface area contributed by atoms with Crippen LogP contribution in [0.15, 0.2) is 60.8 Å². The summed E-state index contributed by atoms with van der Waals surface area (Å²) in [6, 6.07) is 0. The van der Waals surface area contributed by atoms with E-state index in [2.05, 4.69) is 24.3 Å². The van der Waals surface area contributed by atoms with Gasteiger partial charge in [0.05, 0.1) is 12.2 Å². The van der Waals surface area contributed by atoms with Crippen molar-refractivity contribution in [1.29, 1.82) is 0 Å². The molecule has 2 atom stereocenters. The summed E-state index contributed by atoms with van der Waals surface area (Å²) >= 11 is 0. The Labute approximate surface area is 157 Å². The van der Waals surface area contributed by atoms with Gasteiger partial charge in [0, 0.05) is 6.42 Å². The Bertz CT molecular complexity index is 486. The maximum absolute atomic E-state index is 10.3. The SMILES string of the molecule is CCC=CCC(O)C(O)CC=CCC=CCC=CCC=CCCC(=O)O. The van der Waals surface area contributed by atoms with E-state index < -0.39 is 18.2 Å². The van der Waals surface area contributed by atoms with Crippen LogP contribution in [0, 0.1) is 0 Å². The van der Waals surface area contributed by atoms with Gasteiger partial charge in [0.1, 0.15) is 0 Å². The van der Waals surface area contributed by atoms with Crippen LogP contribution < -0.4 is 0 Å². The topological polar surface area (TPSA) is 77.8 Å². The maximum atomic E-state index is 10.3. The van der Waals surface area contributed by atoms with Crippen LogP contribution in [0.4, 0.5) is 0 Å². The minimum Gasteiger partial charge on any atom is -0.481 e. The summed E-state index contributed by atoms with van der Waals surface area (Å²) in [6.07, 6.45) is 23.6. The van der Waals surface area contributed by atoms with Gasteiger partial charge < -0.3 is 15.3 Å². The van der Waals surface area contributed by atoms with Crippen molar-refractivity contribution in [2.24, 2.45) is 0 Å². The van der Waals surface area contributed by atoms with E-state index in [-0.39, 0.29) is 6.42 Å². The van der Waals surface area contributed by atoms with Gasteiger partial charge in [-0.15, -0.1) is 0 Å². The van der Waals surface area contributed by atoms with Crippen molar-refractivity contribution in [3.8, 4) is 0 Å². The largest absolute Gasteiger partial charge is 0.481 e. The monoisotopic (exact) mass is 362 g/mol. The number of carbonyl (C=O) groups is 1. The summed E-state index contributed by atoms with van der Waals surface area (Å²) in [5.74, 6) is -0.765. The molecule has 3 N–H and O–H groups in total. The first-order valence-corrected chi connectivity index (χ1v) is 9.40. The zero-order valence-electron chi connectivity index (χ0n) is 15.8. The van der Waals surface area contributed by atoms with Crippen LogP contribution in [0.5, 0.6) is 0 Å². The number of aliphatic hydroxyl groups excluding tert-OH is 2. The number of hydrogen-bond donors (Lipinski definition) is 3. The number of carboxylic acids is 1. The quantitative estimate of drug-likeness (QED) is 0.369. The van der Waals surface area contributed by atoms with Crippen LogP contribution in [0.2, 0.25) is 0 Å². The molecule has 26 heavy (non-hydrogen) atoms. The van der Waals surface area contributed by atoms with Crippen LogP contribution in [0.3, 0.4) is 0 Å². The van der Waals surface area contributed by atoms with Crippen LogP contribution in [-0.2, 0) is 4.79 Å². The third kappa shape index (κ3) is 16.9. The average molecular weight is 363 g/mol. The maximum Gasteiger partial charge on any atom is 0.303 e. The third-order valence-corrected chi connectivity index (χ3v) is 3.61. The van der Waals surface area contributed by atoms with Crippen molar-refractivity contribution >= 4 is 5.97 Å². The van der Waals surface area contributed by atoms with Crippen molar-refractivity contribution < 1.29 is 20.1 Å². The number of carboxylic acid groups (broad SMARTS) is 1. The van der Waals surface area contributed by atoms with Gasteiger partial charge in [0.25, 0.3) is 0 Å². The Balaban J connectivity index is 3.70.